The van der Waals surface area contributed by atoms with Crippen molar-refractivity contribution in [3.05, 3.63) is 35.6 Å². The highest BCUT2D eigenvalue weighted by atomic mass is 127. The molecule has 2 unspecified atom stereocenters. The van der Waals surface area contributed by atoms with Gasteiger partial charge >= 0.3 is 0 Å². The number of nitrogens with zero attached hydrogens (tertiary/aromatic N) is 2. The van der Waals surface area contributed by atoms with E-state index in [0.717, 1.165) is 5.56 Å². The number of morpholine rings is 1. The zero-order chi connectivity index (χ0) is 20.2. The lowest BCUT2D eigenvalue weighted by atomic mass is 10.1. The number of nitrogens with one attached hydrogen (secondary N) is 1. The van der Waals surface area contributed by atoms with Gasteiger partial charge in [-0.05, 0) is 45.4 Å². The standard InChI is InChI=1S/C19H30FN3O3S.HI/c1-14-12-23(13-17(26-14)15-6-8-16(20)9-7-15)18(21-5)22-10-11-27(24,25)19(2,3)4;/h6-9,14,17H,10-13H2,1-5H3,(H,21,22);1H. The molecule has 0 radical (unpaired) electrons. The quantitative estimate of drug-likeness (QED) is 0.371. The number of ether oxygens (including phenoxy) is 1. The number of guanidine groups is 1. The van der Waals surface area contributed by atoms with Crippen molar-refractivity contribution in [3.63, 3.8) is 0 Å². The summed E-state index contributed by atoms with van der Waals surface area (Å²) in [6.07, 6.45) is -0.239. The Balaban J connectivity index is 0.00000392. The van der Waals surface area contributed by atoms with Crippen LogP contribution in [0.25, 0.3) is 0 Å². The molecule has 160 valence electrons. The van der Waals surface area contributed by atoms with Crippen LogP contribution in [0, 0.1) is 5.82 Å². The maximum atomic E-state index is 13.2. The molecular weight excluding hydrogens is 496 g/mol. The molecule has 2 atom stereocenters. The predicted molar refractivity (Wildman–Crippen MR) is 122 cm³/mol. The summed E-state index contributed by atoms with van der Waals surface area (Å²) in [5.74, 6) is 0.398. The molecule has 0 saturated carbocycles. The first-order valence-electron chi connectivity index (χ1n) is 9.12. The van der Waals surface area contributed by atoms with Crippen molar-refractivity contribution in [3.8, 4) is 0 Å². The second-order valence-corrected chi connectivity index (χ2v) is 10.7. The number of benzene rings is 1. The lowest BCUT2D eigenvalue weighted by Crippen LogP contribution is -2.51. The van der Waals surface area contributed by atoms with Crippen molar-refractivity contribution in [1.82, 2.24) is 10.2 Å². The number of sulfone groups is 1. The molecule has 0 amide bonds. The van der Waals surface area contributed by atoms with Gasteiger partial charge in [0, 0.05) is 20.1 Å². The first kappa shape index (κ1) is 25.1. The van der Waals surface area contributed by atoms with E-state index in [1.165, 1.54) is 12.1 Å². The smallest absolute Gasteiger partial charge is 0.193 e. The highest BCUT2D eigenvalue weighted by Gasteiger charge is 2.30. The third-order valence-electron chi connectivity index (χ3n) is 4.60. The monoisotopic (exact) mass is 527 g/mol. The van der Waals surface area contributed by atoms with E-state index in [2.05, 4.69) is 10.3 Å². The number of aliphatic imine (C=N–C) groups is 1. The van der Waals surface area contributed by atoms with E-state index in [9.17, 15) is 12.8 Å². The second-order valence-electron chi connectivity index (χ2n) is 7.80. The fourth-order valence-corrected chi connectivity index (χ4v) is 3.90. The Labute approximate surface area is 184 Å². The molecule has 1 fully saturated rings. The molecule has 0 spiro atoms. The number of rotatable bonds is 4. The molecule has 0 bridgehead atoms. The molecule has 1 aliphatic rings. The molecule has 1 aliphatic heterocycles. The maximum absolute atomic E-state index is 13.2. The molecule has 1 aromatic rings. The van der Waals surface area contributed by atoms with Gasteiger partial charge in [-0.1, -0.05) is 12.1 Å². The number of halogens is 2. The van der Waals surface area contributed by atoms with Crippen molar-refractivity contribution in [2.24, 2.45) is 4.99 Å². The topological polar surface area (TPSA) is 71.0 Å². The van der Waals surface area contributed by atoms with Crippen molar-refractivity contribution in [2.45, 2.75) is 44.6 Å². The number of hydrogen-bond donors (Lipinski definition) is 1. The second kappa shape index (κ2) is 10.2. The largest absolute Gasteiger partial charge is 0.367 e. The van der Waals surface area contributed by atoms with Crippen molar-refractivity contribution in [2.75, 3.05) is 32.4 Å². The van der Waals surface area contributed by atoms with E-state index in [0.29, 0.717) is 25.6 Å². The van der Waals surface area contributed by atoms with Gasteiger partial charge in [-0.3, -0.25) is 4.99 Å². The average molecular weight is 527 g/mol. The van der Waals surface area contributed by atoms with Crippen LogP contribution in [0.15, 0.2) is 29.3 Å². The van der Waals surface area contributed by atoms with Crippen LogP contribution in [0.3, 0.4) is 0 Å². The van der Waals surface area contributed by atoms with Gasteiger partial charge in [0.05, 0.1) is 23.1 Å². The van der Waals surface area contributed by atoms with Crippen LogP contribution >= 0.6 is 24.0 Å². The van der Waals surface area contributed by atoms with Crippen LogP contribution in [-0.4, -0.2) is 62.6 Å². The first-order valence-corrected chi connectivity index (χ1v) is 10.8. The summed E-state index contributed by atoms with van der Waals surface area (Å²) in [5, 5.41) is 3.15. The summed E-state index contributed by atoms with van der Waals surface area (Å²) in [7, 11) is -1.52. The summed E-state index contributed by atoms with van der Waals surface area (Å²) < 4.78 is 42.9. The van der Waals surface area contributed by atoms with Gasteiger partial charge in [-0.2, -0.15) is 0 Å². The summed E-state index contributed by atoms with van der Waals surface area (Å²) in [5.41, 5.74) is 0.902. The van der Waals surface area contributed by atoms with Crippen LogP contribution in [0.5, 0.6) is 0 Å². The maximum Gasteiger partial charge on any atom is 0.193 e. The summed E-state index contributed by atoms with van der Waals surface area (Å²) >= 11 is 0. The fourth-order valence-electron chi connectivity index (χ4n) is 2.92. The van der Waals surface area contributed by atoms with Crippen LogP contribution in [0.1, 0.15) is 39.4 Å². The predicted octanol–water partition coefficient (Wildman–Crippen LogP) is 2.99. The van der Waals surface area contributed by atoms with E-state index < -0.39 is 14.6 Å². The Bertz CT molecular complexity index is 764. The van der Waals surface area contributed by atoms with E-state index in [1.807, 2.05) is 11.8 Å². The third-order valence-corrected chi connectivity index (χ3v) is 7.21. The lowest BCUT2D eigenvalue weighted by Gasteiger charge is -2.38. The molecule has 1 aromatic carbocycles. The van der Waals surface area contributed by atoms with Gasteiger partial charge in [0.1, 0.15) is 11.9 Å². The van der Waals surface area contributed by atoms with Crippen molar-refractivity contribution < 1.29 is 17.5 Å². The van der Waals surface area contributed by atoms with Gasteiger partial charge in [-0.15, -0.1) is 24.0 Å². The molecule has 6 nitrogen and oxygen atoms in total. The van der Waals surface area contributed by atoms with E-state index >= 15 is 0 Å². The van der Waals surface area contributed by atoms with Gasteiger partial charge in [-0.25, -0.2) is 12.8 Å². The minimum atomic E-state index is -3.20. The molecule has 2 rings (SSSR count). The Morgan fingerprint density at radius 1 is 1.29 bits per heavy atom. The third kappa shape index (κ3) is 6.55. The van der Waals surface area contributed by atoms with Gasteiger partial charge in [0.2, 0.25) is 0 Å². The highest BCUT2D eigenvalue weighted by Crippen LogP contribution is 2.25. The minimum absolute atomic E-state index is 0. The lowest BCUT2D eigenvalue weighted by molar-refractivity contribution is -0.0604. The van der Waals surface area contributed by atoms with Crippen LogP contribution < -0.4 is 5.32 Å². The first-order chi connectivity index (χ1) is 12.5. The van der Waals surface area contributed by atoms with Crippen LogP contribution in [0.4, 0.5) is 4.39 Å². The van der Waals surface area contributed by atoms with Gasteiger partial charge in [0.25, 0.3) is 0 Å². The average Bonchev–Trinajstić information content (AvgIpc) is 2.57. The van der Waals surface area contributed by atoms with Crippen molar-refractivity contribution in [1.29, 1.82) is 0 Å². The Kier molecular flexibility index (Phi) is 9.14. The molecule has 1 saturated heterocycles. The zero-order valence-corrected chi connectivity index (χ0v) is 20.3. The SMILES string of the molecule is CN=C(NCCS(=O)(=O)C(C)(C)C)N1CC(C)OC(c2ccc(F)cc2)C1.I. The van der Waals surface area contributed by atoms with Gasteiger partial charge in [0.15, 0.2) is 15.8 Å². The Morgan fingerprint density at radius 3 is 2.43 bits per heavy atom. The Hall–Kier alpha value is -0.940. The zero-order valence-electron chi connectivity index (χ0n) is 17.1. The van der Waals surface area contributed by atoms with Crippen LogP contribution in [0.2, 0.25) is 0 Å². The van der Waals surface area contributed by atoms with Crippen LogP contribution in [-0.2, 0) is 14.6 Å². The minimum Gasteiger partial charge on any atom is -0.367 e. The fraction of sp³-hybridized carbons (Fsp3) is 0.632. The summed E-state index contributed by atoms with van der Waals surface area (Å²) in [6, 6.07) is 6.30. The van der Waals surface area contributed by atoms with E-state index in [1.54, 1.807) is 40.0 Å². The summed E-state index contributed by atoms with van der Waals surface area (Å²) in [6.45, 7) is 8.57. The molecule has 9 heteroatoms. The normalized spacial score (nSPS) is 21.2. The molecule has 0 aromatic heterocycles. The van der Waals surface area contributed by atoms with Crippen molar-refractivity contribution >= 4 is 39.8 Å². The van der Waals surface area contributed by atoms with E-state index in [4.69, 9.17) is 4.74 Å². The highest BCUT2D eigenvalue weighted by molar-refractivity contribution is 14.0. The molecular formula is C19H31FIN3O3S. The molecule has 0 aliphatic carbocycles. The Morgan fingerprint density at radius 2 is 1.89 bits per heavy atom. The molecule has 1 heterocycles. The van der Waals surface area contributed by atoms with Gasteiger partial charge < -0.3 is 15.0 Å². The molecule has 28 heavy (non-hydrogen) atoms. The summed E-state index contributed by atoms with van der Waals surface area (Å²) in [4.78, 5) is 6.34. The molecule has 1 N–H and O–H groups in total. The van der Waals surface area contributed by atoms with E-state index in [-0.39, 0.29) is 47.8 Å². The number of hydrogen-bond acceptors (Lipinski definition) is 4.